The summed E-state index contributed by atoms with van der Waals surface area (Å²) in [6.07, 6.45) is 5.83. The minimum atomic E-state index is 0.109. The van der Waals surface area contributed by atoms with Gasteiger partial charge in [-0.3, -0.25) is 9.80 Å². The van der Waals surface area contributed by atoms with Crippen LogP contribution < -0.4 is 5.32 Å². The highest BCUT2D eigenvalue weighted by Crippen LogP contribution is 2.02. The fraction of sp³-hybridized carbons (Fsp3) is 0.500. The Kier molecular flexibility index (Phi) is 9.91. The summed E-state index contributed by atoms with van der Waals surface area (Å²) in [5.41, 5.74) is 0. The Balaban J connectivity index is 4.32. The first kappa shape index (κ1) is 16.6. The molecular formula is C14H25N3O. The van der Waals surface area contributed by atoms with Gasteiger partial charge in [-0.15, -0.1) is 19.7 Å². The molecule has 0 aliphatic heterocycles. The van der Waals surface area contributed by atoms with E-state index in [0.29, 0.717) is 32.6 Å². The molecule has 0 aromatic heterocycles. The number of nitrogens with zero attached hydrogens (tertiary/aromatic N) is 2. The highest BCUT2D eigenvalue weighted by atomic mass is 16.2. The second kappa shape index (κ2) is 10.7. The van der Waals surface area contributed by atoms with Crippen LogP contribution in [0.25, 0.3) is 0 Å². The standard InChI is InChI=1S/C14H25N3O/c1-5-10-15-11-9-14(18)17(8-4)16(12-6-2)13-7-3/h5-7,15H,1-3,8-13H2,4H3. The van der Waals surface area contributed by atoms with E-state index >= 15 is 0 Å². The number of rotatable bonds is 11. The molecule has 0 heterocycles. The molecule has 0 rings (SSSR count). The molecule has 0 bridgehead atoms. The Bertz CT molecular complexity index is 266. The third-order valence-corrected chi connectivity index (χ3v) is 2.41. The summed E-state index contributed by atoms with van der Waals surface area (Å²) in [6.45, 7) is 16.3. The molecule has 0 atom stereocenters. The van der Waals surface area contributed by atoms with Crippen molar-refractivity contribution in [1.29, 1.82) is 0 Å². The summed E-state index contributed by atoms with van der Waals surface area (Å²) >= 11 is 0. The van der Waals surface area contributed by atoms with Crippen LogP contribution in [0.15, 0.2) is 38.0 Å². The van der Waals surface area contributed by atoms with Gasteiger partial charge in [0, 0.05) is 39.1 Å². The van der Waals surface area contributed by atoms with E-state index < -0.39 is 0 Å². The number of amides is 1. The van der Waals surface area contributed by atoms with Crippen LogP contribution in [0.5, 0.6) is 0 Å². The van der Waals surface area contributed by atoms with Crippen molar-refractivity contribution in [2.75, 3.05) is 32.7 Å². The summed E-state index contributed by atoms with van der Waals surface area (Å²) in [6, 6.07) is 0. The van der Waals surface area contributed by atoms with Gasteiger partial charge in [-0.25, -0.2) is 5.01 Å². The molecule has 4 nitrogen and oxygen atoms in total. The van der Waals surface area contributed by atoms with E-state index in [-0.39, 0.29) is 5.91 Å². The van der Waals surface area contributed by atoms with Crippen LogP contribution in [0.4, 0.5) is 0 Å². The lowest BCUT2D eigenvalue weighted by atomic mass is 10.3. The van der Waals surface area contributed by atoms with Gasteiger partial charge in [0.25, 0.3) is 0 Å². The fourth-order valence-electron chi connectivity index (χ4n) is 1.63. The summed E-state index contributed by atoms with van der Waals surface area (Å²) in [5, 5.41) is 6.81. The van der Waals surface area contributed by atoms with Crippen LogP contribution in [-0.2, 0) is 4.79 Å². The summed E-state index contributed by atoms with van der Waals surface area (Å²) in [4.78, 5) is 12.1. The van der Waals surface area contributed by atoms with E-state index in [1.807, 2.05) is 11.9 Å². The normalized spacial score (nSPS) is 10.1. The molecule has 0 aromatic rings. The predicted octanol–water partition coefficient (Wildman–Crippen LogP) is 1.59. The fourth-order valence-corrected chi connectivity index (χ4v) is 1.63. The SMILES string of the molecule is C=CCNCCC(=O)N(CC)N(CC=C)CC=C. The van der Waals surface area contributed by atoms with Gasteiger partial charge in [-0.2, -0.15) is 0 Å². The van der Waals surface area contributed by atoms with Crippen molar-refractivity contribution in [1.82, 2.24) is 15.3 Å². The van der Waals surface area contributed by atoms with E-state index in [1.54, 1.807) is 23.2 Å². The molecule has 0 spiro atoms. The molecule has 18 heavy (non-hydrogen) atoms. The largest absolute Gasteiger partial charge is 0.313 e. The molecule has 0 fully saturated rings. The summed E-state index contributed by atoms with van der Waals surface area (Å²) in [7, 11) is 0. The van der Waals surface area contributed by atoms with Gasteiger partial charge < -0.3 is 5.32 Å². The van der Waals surface area contributed by atoms with Crippen molar-refractivity contribution in [2.45, 2.75) is 13.3 Å². The van der Waals surface area contributed by atoms with Crippen molar-refractivity contribution >= 4 is 5.91 Å². The second-order valence-corrected chi connectivity index (χ2v) is 3.80. The molecule has 4 heteroatoms. The van der Waals surface area contributed by atoms with Gasteiger partial charge in [-0.05, 0) is 6.92 Å². The first-order valence-electron chi connectivity index (χ1n) is 6.29. The maximum absolute atomic E-state index is 12.1. The van der Waals surface area contributed by atoms with Crippen molar-refractivity contribution in [3.8, 4) is 0 Å². The number of hydrogen-bond donors (Lipinski definition) is 1. The van der Waals surface area contributed by atoms with Crippen molar-refractivity contribution in [3.63, 3.8) is 0 Å². The average Bonchev–Trinajstić information content (AvgIpc) is 2.36. The van der Waals surface area contributed by atoms with Crippen LogP contribution >= 0.6 is 0 Å². The van der Waals surface area contributed by atoms with Crippen LogP contribution in [0, 0.1) is 0 Å². The van der Waals surface area contributed by atoms with E-state index in [0.717, 1.165) is 6.54 Å². The summed E-state index contributed by atoms with van der Waals surface area (Å²) < 4.78 is 0. The molecule has 1 amide bonds. The highest BCUT2D eigenvalue weighted by molar-refractivity contribution is 5.75. The lowest BCUT2D eigenvalue weighted by molar-refractivity contribution is -0.146. The number of hydrazine groups is 1. The van der Waals surface area contributed by atoms with Gasteiger partial charge in [0.15, 0.2) is 0 Å². The zero-order chi connectivity index (χ0) is 13.8. The van der Waals surface area contributed by atoms with Crippen LogP contribution in [-0.4, -0.2) is 48.6 Å². The second-order valence-electron chi connectivity index (χ2n) is 3.80. The Morgan fingerprint density at radius 2 is 1.78 bits per heavy atom. The topological polar surface area (TPSA) is 35.6 Å². The molecule has 0 aliphatic rings. The van der Waals surface area contributed by atoms with Crippen molar-refractivity contribution < 1.29 is 4.79 Å². The average molecular weight is 251 g/mol. The number of carbonyl (C=O) groups excluding carboxylic acids is 1. The van der Waals surface area contributed by atoms with Crippen LogP contribution in [0.3, 0.4) is 0 Å². The van der Waals surface area contributed by atoms with Gasteiger partial charge >= 0.3 is 0 Å². The molecule has 0 saturated carbocycles. The van der Waals surface area contributed by atoms with Gasteiger partial charge in [0.2, 0.25) is 5.91 Å². The number of nitrogens with one attached hydrogen (secondary N) is 1. The summed E-state index contributed by atoms with van der Waals surface area (Å²) in [5.74, 6) is 0.109. The molecule has 0 saturated heterocycles. The highest BCUT2D eigenvalue weighted by Gasteiger charge is 2.17. The minimum Gasteiger partial charge on any atom is -0.313 e. The molecule has 1 N–H and O–H groups in total. The first-order valence-corrected chi connectivity index (χ1v) is 6.29. The Morgan fingerprint density at radius 3 is 2.22 bits per heavy atom. The maximum Gasteiger partial charge on any atom is 0.238 e. The lowest BCUT2D eigenvalue weighted by Gasteiger charge is -2.32. The molecule has 102 valence electrons. The van der Waals surface area contributed by atoms with Crippen LogP contribution in [0.2, 0.25) is 0 Å². The zero-order valence-corrected chi connectivity index (χ0v) is 11.4. The Hall–Kier alpha value is -1.39. The molecule has 0 radical (unpaired) electrons. The van der Waals surface area contributed by atoms with Crippen molar-refractivity contribution in [2.24, 2.45) is 0 Å². The van der Waals surface area contributed by atoms with E-state index in [9.17, 15) is 4.79 Å². The smallest absolute Gasteiger partial charge is 0.238 e. The maximum atomic E-state index is 12.1. The Labute approximate surface area is 111 Å². The van der Waals surface area contributed by atoms with E-state index in [2.05, 4.69) is 25.1 Å². The molecule has 0 aliphatic carbocycles. The predicted molar refractivity (Wildman–Crippen MR) is 77.0 cm³/mol. The minimum absolute atomic E-state index is 0.109. The lowest BCUT2D eigenvalue weighted by Crippen LogP contribution is -2.47. The molecular weight excluding hydrogens is 226 g/mol. The van der Waals surface area contributed by atoms with E-state index in [4.69, 9.17) is 0 Å². The first-order chi connectivity index (χ1) is 8.71. The monoisotopic (exact) mass is 251 g/mol. The van der Waals surface area contributed by atoms with Crippen LogP contribution in [0.1, 0.15) is 13.3 Å². The molecule has 0 unspecified atom stereocenters. The zero-order valence-electron chi connectivity index (χ0n) is 11.4. The molecule has 0 aromatic carbocycles. The third kappa shape index (κ3) is 6.37. The quantitative estimate of drug-likeness (QED) is 0.344. The number of carbonyl (C=O) groups is 1. The van der Waals surface area contributed by atoms with Gasteiger partial charge in [0.1, 0.15) is 0 Å². The van der Waals surface area contributed by atoms with Gasteiger partial charge in [-0.1, -0.05) is 18.2 Å². The number of hydrogen-bond acceptors (Lipinski definition) is 3. The third-order valence-electron chi connectivity index (χ3n) is 2.41. The van der Waals surface area contributed by atoms with Gasteiger partial charge in [0.05, 0.1) is 0 Å². The Morgan fingerprint density at radius 1 is 1.17 bits per heavy atom. The van der Waals surface area contributed by atoms with E-state index in [1.165, 1.54) is 0 Å². The van der Waals surface area contributed by atoms with Crippen molar-refractivity contribution in [3.05, 3.63) is 38.0 Å².